The van der Waals surface area contributed by atoms with E-state index in [0.717, 1.165) is 22.2 Å². The van der Waals surface area contributed by atoms with Crippen LogP contribution in [0.4, 0.5) is 4.79 Å². The molecule has 0 saturated carbocycles. The Morgan fingerprint density at radius 3 is 2.74 bits per heavy atom. The molecule has 1 aliphatic heterocycles. The number of hydrogen-bond acceptors (Lipinski definition) is 6. The van der Waals surface area contributed by atoms with Crippen molar-refractivity contribution >= 4 is 35.0 Å². The molecule has 2 rings (SSSR count). The standard InChI is InChI=1S/C16H17NO5S/c1-10(2)22-14(18)9-17-15(19)13(23-16(17)20)8-11-5-4-6-12(7-11)21-3/h4-8,10H,9H2,1-3H3/b13-8+. The predicted octanol–water partition coefficient (Wildman–Crippen LogP) is 2.68. The van der Waals surface area contributed by atoms with Crippen molar-refractivity contribution in [1.82, 2.24) is 4.90 Å². The molecule has 0 radical (unpaired) electrons. The topological polar surface area (TPSA) is 72.9 Å². The molecule has 0 atom stereocenters. The van der Waals surface area contributed by atoms with Gasteiger partial charge >= 0.3 is 5.97 Å². The summed E-state index contributed by atoms with van der Waals surface area (Å²) in [6.07, 6.45) is 1.30. The zero-order valence-corrected chi connectivity index (χ0v) is 13.9. The quantitative estimate of drug-likeness (QED) is 0.608. The van der Waals surface area contributed by atoms with Gasteiger partial charge in [-0.15, -0.1) is 0 Å². The first-order valence-corrected chi connectivity index (χ1v) is 7.81. The maximum atomic E-state index is 12.3. The summed E-state index contributed by atoms with van der Waals surface area (Å²) in [7, 11) is 1.55. The fourth-order valence-electron chi connectivity index (χ4n) is 1.95. The van der Waals surface area contributed by atoms with Crippen LogP contribution in [0, 0.1) is 0 Å². The first kappa shape index (κ1) is 17.1. The van der Waals surface area contributed by atoms with Crippen molar-refractivity contribution in [2.45, 2.75) is 20.0 Å². The molecule has 0 unspecified atom stereocenters. The number of esters is 1. The summed E-state index contributed by atoms with van der Waals surface area (Å²) in [5.41, 5.74) is 0.736. The zero-order chi connectivity index (χ0) is 17.0. The molecule has 7 heteroatoms. The third-order valence-corrected chi connectivity index (χ3v) is 3.83. The minimum atomic E-state index is -0.607. The summed E-state index contributed by atoms with van der Waals surface area (Å²) in [5, 5.41) is -0.482. The van der Waals surface area contributed by atoms with Crippen molar-refractivity contribution in [1.29, 1.82) is 0 Å². The molecule has 1 aliphatic rings. The molecule has 0 bridgehead atoms. The Morgan fingerprint density at radius 2 is 2.09 bits per heavy atom. The molecule has 0 aromatic heterocycles. The molecular weight excluding hydrogens is 318 g/mol. The SMILES string of the molecule is COc1cccc(/C=C2/SC(=O)N(CC(=O)OC(C)C)C2=O)c1. The third kappa shape index (κ3) is 4.35. The molecule has 1 heterocycles. The van der Waals surface area contributed by atoms with Crippen LogP contribution in [0.2, 0.25) is 0 Å². The fraction of sp³-hybridized carbons (Fsp3) is 0.312. The van der Waals surface area contributed by atoms with Gasteiger partial charge in [0.1, 0.15) is 12.3 Å². The van der Waals surface area contributed by atoms with Gasteiger partial charge in [-0.25, -0.2) is 0 Å². The third-order valence-electron chi connectivity index (χ3n) is 2.92. The number of thioether (sulfide) groups is 1. The number of ether oxygens (including phenoxy) is 2. The lowest BCUT2D eigenvalue weighted by Crippen LogP contribution is -2.35. The predicted molar refractivity (Wildman–Crippen MR) is 86.9 cm³/mol. The summed E-state index contributed by atoms with van der Waals surface area (Å²) in [5.74, 6) is -0.452. The van der Waals surface area contributed by atoms with Gasteiger partial charge in [-0.1, -0.05) is 12.1 Å². The monoisotopic (exact) mass is 335 g/mol. The number of hydrogen-bond donors (Lipinski definition) is 0. The molecule has 0 aliphatic carbocycles. The summed E-state index contributed by atoms with van der Waals surface area (Å²) >= 11 is 0.801. The largest absolute Gasteiger partial charge is 0.497 e. The van der Waals surface area contributed by atoms with Crippen LogP contribution in [-0.2, 0) is 14.3 Å². The van der Waals surface area contributed by atoms with Gasteiger partial charge in [0.15, 0.2) is 0 Å². The van der Waals surface area contributed by atoms with Gasteiger partial charge in [-0.05, 0) is 49.4 Å². The minimum absolute atomic E-state index is 0.264. The summed E-state index contributed by atoms with van der Waals surface area (Å²) in [6, 6.07) is 7.12. The highest BCUT2D eigenvalue weighted by molar-refractivity contribution is 8.18. The van der Waals surface area contributed by atoms with E-state index in [1.165, 1.54) is 0 Å². The van der Waals surface area contributed by atoms with Crippen LogP contribution in [0.5, 0.6) is 5.75 Å². The lowest BCUT2D eigenvalue weighted by molar-refractivity contribution is -0.149. The van der Waals surface area contributed by atoms with Gasteiger partial charge in [0.2, 0.25) is 0 Å². The molecule has 1 aromatic carbocycles. The van der Waals surface area contributed by atoms with Gasteiger partial charge in [0, 0.05) is 0 Å². The molecule has 0 spiro atoms. The number of methoxy groups -OCH3 is 1. The maximum absolute atomic E-state index is 12.3. The van der Waals surface area contributed by atoms with Gasteiger partial charge in [-0.3, -0.25) is 19.3 Å². The number of carbonyl (C=O) groups excluding carboxylic acids is 3. The average Bonchev–Trinajstić information content (AvgIpc) is 2.74. The molecule has 6 nitrogen and oxygen atoms in total. The lowest BCUT2D eigenvalue weighted by Gasteiger charge is -2.13. The van der Waals surface area contributed by atoms with Crippen LogP contribution in [0.15, 0.2) is 29.2 Å². The zero-order valence-electron chi connectivity index (χ0n) is 13.1. The van der Waals surface area contributed by atoms with Crippen molar-refractivity contribution in [2.24, 2.45) is 0 Å². The Hall–Kier alpha value is -2.28. The van der Waals surface area contributed by atoms with Crippen molar-refractivity contribution in [3.8, 4) is 5.75 Å². The average molecular weight is 335 g/mol. The van der Waals surface area contributed by atoms with E-state index in [0.29, 0.717) is 5.75 Å². The second-order valence-corrected chi connectivity index (χ2v) is 6.08. The molecule has 122 valence electrons. The Balaban J connectivity index is 2.14. The smallest absolute Gasteiger partial charge is 0.326 e. The van der Waals surface area contributed by atoms with E-state index in [-0.39, 0.29) is 17.6 Å². The molecular formula is C16H17NO5S. The van der Waals surface area contributed by atoms with Crippen molar-refractivity contribution in [3.05, 3.63) is 34.7 Å². The van der Waals surface area contributed by atoms with Crippen molar-refractivity contribution < 1.29 is 23.9 Å². The van der Waals surface area contributed by atoms with E-state index in [1.54, 1.807) is 51.3 Å². The van der Waals surface area contributed by atoms with E-state index in [1.807, 2.05) is 0 Å². The van der Waals surface area contributed by atoms with Crippen molar-refractivity contribution in [3.63, 3.8) is 0 Å². The summed E-state index contributed by atoms with van der Waals surface area (Å²) in [4.78, 5) is 37.0. The van der Waals surface area contributed by atoms with Crippen LogP contribution >= 0.6 is 11.8 Å². The number of amides is 2. The van der Waals surface area contributed by atoms with Gasteiger partial charge in [0.25, 0.3) is 11.1 Å². The van der Waals surface area contributed by atoms with Crippen LogP contribution < -0.4 is 4.74 Å². The maximum Gasteiger partial charge on any atom is 0.326 e. The summed E-state index contributed by atoms with van der Waals surface area (Å²) in [6.45, 7) is 3.03. The number of imide groups is 1. The van der Waals surface area contributed by atoms with Crippen LogP contribution in [0.25, 0.3) is 6.08 Å². The number of benzene rings is 1. The van der Waals surface area contributed by atoms with E-state index < -0.39 is 17.1 Å². The van der Waals surface area contributed by atoms with E-state index in [4.69, 9.17) is 9.47 Å². The highest BCUT2D eigenvalue weighted by Crippen LogP contribution is 2.32. The van der Waals surface area contributed by atoms with E-state index in [2.05, 4.69) is 0 Å². The highest BCUT2D eigenvalue weighted by Gasteiger charge is 2.36. The molecule has 1 fully saturated rings. The molecule has 1 saturated heterocycles. The Bertz CT molecular complexity index is 668. The second-order valence-electron chi connectivity index (χ2n) is 5.08. The van der Waals surface area contributed by atoms with Crippen LogP contribution in [-0.4, -0.2) is 41.8 Å². The van der Waals surface area contributed by atoms with E-state index >= 15 is 0 Å². The molecule has 2 amide bonds. The fourth-order valence-corrected chi connectivity index (χ4v) is 2.79. The van der Waals surface area contributed by atoms with E-state index in [9.17, 15) is 14.4 Å². The van der Waals surface area contributed by atoms with Crippen molar-refractivity contribution in [2.75, 3.05) is 13.7 Å². The van der Waals surface area contributed by atoms with Gasteiger partial charge in [0.05, 0.1) is 18.1 Å². The Labute approximate surface area is 138 Å². The molecule has 23 heavy (non-hydrogen) atoms. The minimum Gasteiger partial charge on any atom is -0.497 e. The van der Waals surface area contributed by atoms with Crippen LogP contribution in [0.3, 0.4) is 0 Å². The Kier molecular flexibility index (Phi) is 5.44. The molecule has 1 aromatic rings. The highest BCUT2D eigenvalue weighted by atomic mass is 32.2. The van der Waals surface area contributed by atoms with Gasteiger partial charge < -0.3 is 9.47 Å². The Morgan fingerprint density at radius 1 is 1.35 bits per heavy atom. The normalized spacial score (nSPS) is 16.3. The second kappa shape index (κ2) is 7.32. The molecule has 0 N–H and O–H groups in total. The number of nitrogens with zero attached hydrogens (tertiary/aromatic N) is 1. The summed E-state index contributed by atoms with van der Waals surface area (Å²) < 4.78 is 10.1. The lowest BCUT2D eigenvalue weighted by atomic mass is 10.2. The van der Waals surface area contributed by atoms with Gasteiger partial charge in [-0.2, -0.15) is 0 Å². The number of carbonyl (C=O) groups is 3. The van der Waals surface area contributed by atoms with Crippen LogP contribution in [0.1, 0.15) is 19.4 Å². The number of rotatable bonds is 5. The first-order chi connectivity index (χ1) is 10.9. The first-order valence-electron chi connectivity index (χ1n) is 6.99.